The average Bonchev–Trinajstić information content (AvgIpc) is 2.62. The molecule has 2 rings (SSSR count). The first-order valence-electron chi connectivity index (χ1n) is 4.79. The van der Waals surface area contributed by atoms with Crippen LogP contribution in [0.2, 0.25) is 0 Å². The molecule has 2 aromatic rings. The van der Waals surface area contributed by atoms with E-state index in [0.717, 1.165) is 6.07 Å². The lowest BCUT2D eigenvalue weighted by atomic mass is 10.3. The van der Waals surface area contributed by atoms with Crippen LogP contribution in [0.3, 0.4) is 0 Å². The van der Waals surface area contributed by atoms with E-state index < -0.39 is 11.6 Å². The molecular weight excluding hydrogens is 294 g/mol. The zero-order valence-corrected chi connectivity index (χ0v) is 10.5. The maximum absolute atomic E-state index is 13.5. The molecule has 90 valence electrons. The molecule has 0 aliphatic rings. The summed E-state index contributed by atoms with van der Waals surface area (Å²) in [6.07, 6.45) is 1.41. The number of benzene rings is 1. The van der Waals surface area contributed by atoms with Crippen LogP contribution < -0.4 is 5.32 Å². The minimum atomic E-state index is -0.654. The Morgan fingerprint density at radius 2 is 2.18 bits per heavy atom. The minimum Gasteiger partial charge on any atom is -0.374 e. The molecule has 0 atom stereocenters. The summed E-state index contributed by atoms with van der Waals surface area (Å²) in [7, 11) is 1.74. The second-order valence-corrected chi connectivity index (χ2v) is 4.25. The lowest BCUT2D eigenvalue weighted by Gasteiger charge is -2.09. The predicted octanol–water partition coefficient (Wildman–Crippen LogP) is 2.47. The Hall–Kier alpha value is -1.50. The number of hydrogen-bond acceptors (Lipinski definition) is 3. The smallest absolute Gasteiger partial charge is 0.150 e. The van der Waals surface area contributed by atoms with Crippen LogP contribution in [0.25, 0.3) is 0 Å². The van der Waals surface area contributed by atoms with E-state index in [1.807, 2.05) is 0 Å². The second-order valence-electron chi connectivity index (χ2n) is 3.40. The highest BCUT2D eigenvalue weighted by Crippen LogP contribution is 2.27. The fourth-order valence-corrected chi connectivity index (χ4v) is 1.91. The lowest BCUT2D eigenvalue weighted by Crippen LogP contribution is -2.08. The van der Waals surface area contributed by atoms with Crippen LogP contribution in [0.15, 0.2) is 22.9 Å². The molecule has 0 unspecified atom stereocenters. The van der Waals surface area contributed by atoms with Gasteiger partial charge in [0.25, 0.3) is 0 Å². The first kappa shape index (κ1) is 12.0. The lowest BCUT2D eigenvalue weighted by molar-refractivity contribution is 0.583. The van der Waals surface area contributed by atoms with Crippen LogP contribution in [-0.2, 0) is 13.6 Å². The fraction of sp³-hybridized carbons (Fsp3) is 0.200. The Labute approximate surface area is 105 Å². The van der Waals surface area contributed by atoms with Gasteiger partial charge in [0.15, 0.2) is 0 Å². The van der Waals surface area contributed by atoms with E-state index in [1.54, 1.807) is 11.7 Å². The van der Waals surface area contributed by atoms with Gasteiger partial charge >= 0.3 is 0 Å². The van der Waals surface area contributed by atoms with Crippen molar-refractivity contribution < 1.29 is 8.78 Å². The van der Waals surface area contributed by atoms with Gasteiger partial charge in [0.2, 0.25) is 0 Å². The number of nitrogens with zero attached hydrogens (tertiary/aromatic N) is 3. The van der Waals surface area contributed by atoms with E-state index in [9.17, 15) is 8.78 Å². The largest absolute Gasteiger partial charge is 0.374 e. The van der Waals surface area contributed by atoms with Gasteiger partial charge in [0, 0.05) is 17.6 Å². The molecule has 0 bridgehead atoms. The average molecular weight is 303 g/mol. The van der Waals surface area contributed by atoms with Crippen molar-refractivity contribution in [2.24, 2.45) is 7.05 Å². The number of nitrogens with one attached hydrogen (secondary N) is 1. The molecule has 17 heavy (non-hydrogen) atoms. The van der Waals surface area contributed by atoms with E-state index in [0.29, 0.717) is 16.8 Å². The van der Waals surface area contributed by atoms with Gasteiger partial charge in [-0.3, -0.25) is 4.68 Å². The van der Waals surface area contributed by atoms with E-state index >= 15 is 0 Å². The molecule has 1 aromatic heterocycles. The van der Waals surface area contributed by atoms with Gasteiger partial charge in [0.1, 0.15) is 23.8 Å². The summed E-state index contributed by atoms with van der Waals surface area (Å²) in [5, 5.41) is 6.73. The van der Waals surface area contributed by atoms with E-state index in [2.05, 4.69) is 31.3 Å². The highest BCUT2D eigenvalue weighted by molar-refractivity contribution is 9.10. The molecule has 0 spiro atoms. The molecule has 0 aliphatic carbocycles. The van der Waals surface area contributed by atoms with Crippen molar-refractivity contribution in [1.29, 1.82) is 0 Å². The van der Waals surface area contributed by atoms with Crippen molar-refractivity contribution in [3.63, 3.8) is 0 Å². The molecule has 1 N–H and O–H groups in total. The molecule has 0 aliphatic heterocycles. The normalized spacial score (nSPS) is 10.6. The molecule has 1 aromatic carbocycles. The van der Waals surface area contributed by atoms with Gasteiger partial charge in [-0.2, -0.15) is 5.10 Å². The Kier molecular flexibility index (Phi) is 3.37. The summed E-state index contributed by atoms with van der Waals surface area (Å²) in [5.41, 5.74) is 0.203. The van der Waals surface area contributed by atoms with Crippen LogP contribution in [0.1, 0.15) is 5.82 Å². The van der Waals surface area contributed by atoms with Gasteiger partial charge in [-0.15, -0.1) is 0 Å². The third kappa shape index (κ3) is 2.60. The maximum atomic E-state index is 13.5. The number of anilines is 1. The number of aromatic nitrogens is 3. The molecular formula is C10H9BrF2N4. The van der Waals surface area contributed by atoms with E-state index in [1.165, 1.54) is 12.4 Å². The van der Waals surface area contributed by atoms with E-state index in [4.69, 9.17) is 0 Å². The third-order valence-corrected chi connectivity index (χ3v) is 2.86. The molecule has 0 radical (unpaired) electrons. The summed E-state index contributed by atoms with van der Waals surface area (Å²) in [6, 6.07) is 2.02. The zero-order chi connectivity index (χ0) is 12.4. The Balaban J connectivity index is 2.17. The van der Waals surface area contributed by atoms with Gasteiger partial charge in [-0.25, -0.2) is 13.8 Å². The Morgan fingerprint density at radius 1 is 1.41 bits per heavy atom. The quantitative estimate of drug-likeness (QED) is 0.947. The maximum Gasteiger partial charge on any atom is 0.150 e. The monoisotopic (exact) mass is 302 g/mol. The van der Waals surface area contributed by atoms with Crippen LogP contribution >= 0.6 is 15.9 Å². The summed E-state index contributed by atoms with van der Waals surface area (Å²) in [4.78, 5) is 3.99. The fourth-order valence-electron chi connectivity index (χ4n) is 1.36. The van der Waals surface area contributed by atoms with E-state index in [-0.39, 0.29) is 5.69 Å². The molecule has 0 saturated heterocycles. The summed E-state index contributed by atoms with van der Waals surface area (Å²) < 4.78 is 28.2. The Bertz CT molecular complexity index is 518. The molecule has 0 fully saturated rings. The Morgan fingerprint density at radius 3 is 2.76 bits per heavy atom. The third-order valence-electron chi connectivity index (χ3n) is 2.24. The molecule has 7 heteroatoms. The van der Waals surface area contributed by atoms with Crippen molar-refractivity contribution in [3.05, 3.63) is 40.4 Å². The summed E-state index contributed by atoms with van der Waals surface area (Å²) in [6.45, 7) is 0.303. The number of hydrogen-bond donors (Lipinski definition) is 1. The van der Waals surface area contributed by atoms with Gasteiger partial charge < -0.3 is 5.32 Å². The van der Waals surface area contributed by atoms with Crippen LogP contribution in [0.4, 0.5) is 14.5 Å². The predicted molar refractivity (Wildman–Crippen MR) is 62.4 cm³/mol. The summed E-state index contributed by atoms with van der Waals surface area (Å²) in [5.74, 6) is -0.627. The van der Waals surface area contributed by atoms with Crippen LogP contribution in [0, 0.1) is 11.6 Å². The highest BCUT2D eigenvalue weighted by Gasteiger charge is 2.10. The number of rotatable bonds is 3. The molecule has 1 heterocycles. The number of halogens is 3. The van der Waals surface area contributed by atoms with Gasteiger partial charge in [0.05, 0.1) is 12.2 Å². The van der Waals surface area contributed by atoms with Crippen molar-refractivity contribution in [3.8, 4) is 0 Å². The molecule has 0 saturated carbocycles. The van der Waals surface area contributed by atoms with Crippen molar-refractivity contribution >= 4 is 21.6 Å². The second kappa shape index (κ2) is 4.79. The minimum absolute atomic E-state index is 0.203. The zero-order valence-electron chi connectivity index (χ0n) is 8.91. The summed E-state index contributed by atoms with van der Waals surface area (Å²) >= 11 is 3.10. The topological polar surface area (TPSA) is 42.7 Å². The van der Waals surface area contributed by atoms with Crippen molar-refractivity contribution in [1.82, 2.24) is 14.8 Å². The van der Waals surface area contributed by atoms with Crippen LogP contribution in [0.5, 0.6) is 0 Å². The first-order valence-corrected chi connectivity index (χ1v) is 5.58. The van der Waals surface area contributed by atoms with Gasteiger partial charge in [-0.05, 0) is 22.0 Å². The highest BCUT2D eigenvalue weighted by atomic mass is 79.9. The molecule has 4 nitrogen and oxygen atoms in total. The first-order chi connectivity index (χ1) is 8.08. The molecule has 0 amide bonds. The SMILES string of the molecule is Cn1ncnc1CNc1c(F)cc(F)cc1Br. The van der Waals surface area contributed by atoms with Crippen LogP contribution in [-0.4, -0.2) is 14.8 Å². The van der Waals surface area contributed by atoms with Crippen molar-refractivity contribution in [2.45, 2.75) is 6.54 Å². The van der Waals surface area contributed by atoms with Gasteiger partial charge in [-0.1, -0.05) is 0 Å². The number of aryl methyl sites for hydroxylation is 1. The van der Waals surface area contributed by atoms with Crippen molar-refractivity contribution in [2.75, 3.05) is 5.32 Å². The standard InChI is InChI=1S/C10H9BrF2N4/c1-17-9(15-5-16-17)4-14-10-7(11)2-6(12)3-8(10)13/h2-3,5,14H,4H2,1H3.